The molecule has 0 spiro atoms. The van der Waals surface area contributed by atoms with Crippen molar-refractivity contribution in [3.63, 3.8) is 0 Å². The normalized spacial score (nSPS) is 10.3. The van der Waals surface area contributed by atoms with Crippen molar-refractivity contribution in [3.8, 4) is 11.5 Å². The van der Waals surface area contributed by atoms with Crippen LogP contribution in [0.3, 0.4) is 0 Å². The summed E-state index contributed by atoms with van der Waals surface area (Å²) in [5.74, 6) is -1.90. The highest BCUT2D eigenvalue weighted by molar-refractivity contribution is 6.12. The van der Waals surface area contributed by atoms with Crippen LogP contribution in [0.1, 0.15) is 11.1 Å². The predicted octanol–water partition coefficient (Wildman–Crippen LogP) is 3.38. The maximum Gasteiger partial charge on any atom is 0.343 e. The van der Waals surface area contributed by atoms with E-state index in [-0.39, 0.29) is 0 Å². The zero-order chi connectivity index (χ0) is 18.9. The van der Waals surface area contributed by atoms with Gasteiger partial charge < -0.3 is 19.7 Å². The molecule has 2 rings (SSSR count). The summed E-state index contributed by atoms with van der Waals surface area (Å²) in [6, 6.07) is 14.9. The first kappa shape index (κ1) is 18.8. The lowest BCUT2D eigenvalue weighted by atomic mass is 10.1. The van der Waals surface area contributed by atoms with Gasteiger partial charge in [0.1, 0.15) is 12.2 Å². The Bertz CT molecular complexity index is 821. The van der Waals surface area contributed by atoms with Crippen molar-refractivity contribution in [1.29, 1.82) is 0 Å². The van der Waals surface area contributed by atoms with Crippen LogP contribution in [0.25, 0.3) is 6.08 Å². The summed E-state index contributed by atoms with van der Waals surface area (Å²) in [5.41, 5.74) is 1.02. The van der Waals surface area contributed by atoms with Crippen molar-refractivity contribution in [2.24, 2.45) is 0 Å². The van der Waals surface area contributed by atoms with Crippen molar-refractivity contribution in [3.05, 3.63) is 77.4 Å². The van der Waals surface area contributed by atoms with Gasteiger partial charge in [-0.3, -0.25) is 0 Å². The van der Waals surface area contributed by atoms with Crippen molar-refractivity contribution < 1.29 is 29.3 Å². The molecule has 0 saturated carbocycles. The molecule has 0 heterocycles. The molecule has 2 N–H and O–H groups in total. The van der Waals surface area contributed by atoms with Gasteiger partial charge in [0.15, 0.2) is 11.5 Å². The fourth-order valence-corrected chi connectivity index (χ4v) is 2.13. The molecule has 0 unspecified atom stereocenters. The predicted molar refractivity (Wildman–Crippen MR) is 96.2 cm³/mol. The van der Waals surface area contributed by atoms with E-state index >= 15 is 0 Å². The molecule has 0 aromatic heterocycles. The molecule has 0 bridgehead atoms. The van der Waals surface area contributed by atoms with Crippen LogP contribution < -0.4 is 9.47 Å². The van der Waals surface area contributed by atoms with E-state index in [1.165, 1.54) is 13.2 Å². The lowest BCUT2D eigenvalue weighted by Crippen LogP contribution is -2.10. The van der Waals surface area contributed by atoms with Gasteiger partial charge in [-0.2, -0.15) is 0 Å². The average molecular weight is 354 g/mol. The van der Waals surface area contributed by atoms with Crippen LogP contribution in [0.15, 0.2) is 66.3 Å². The van der Waals surface area contributed by atoms with E-state index in [0.29, 0.717) is 23.7 Å². The summed E-state index contributed by atoms with van der Waals surface area (Å²) in [5, 5.41) is 17.6. The highest BCUT2D eigenvalue weighted by Crippen LogP contribution is 2.29. The smallest absolute Gasteiger partial charge is 0.343 e. The average Bonchev–Trinajstić information content (AvgIpc) is 2.64. The van der Waals surface area contributed by atoms with Gasteiger partial charge in [-0.15, -0.1) is 0 Å². The molecule has 0 saturated heterocycles. The third kappa shape index (κ3) is 5.24. The molecule has 0 radical (unpaired) electrons. The molecular formula is C20H18O6. The Hall–Kier alpha value is -3.54. The summed E-state index contributed by atoms with van der Waals surface area (Å²) in [4.78, 5) is 21.6. The van der Waals surface area contributed by atoms with Crippen molar-refractivity contribution >= 4 is 18.0 Å². The maximum absolute atomic E-state index is 10.8. The molecule has 2 aromatic carbocycles. The Morgan fingerprint density at radius 1 is 1.00 bits per heavy atom. The van der Waals surface area contributed by atoms with Gasteiger partial charge in [-0.1, -0.05) is 48.6 Å². The quantitative estimate of drug-likeness (QED) is 0.327. The van der Waals surface area contributed by atoms with Crippen molar-refractivity contribution in [2.75, 3.05) is 7.11 Å². The molecule has 0 aliphatic rings. The van der Waals surface area contributed by atoms with Gasteiger partial charge in [0, 0.05) is 0 Å². The first-order valence-corrected chi connectivity index (χ1v) is 7.71. The Morgan fingerprint density at radius 3 is 2.31 bits per heavy atom. The van der Waals surface area contributed by atoms with Crippen LogP contribution in [0.4, 0.5) is 0 Å². The number of methoxy groups -OCH3 is 1. The molecule has 0 amide bonds. The Morgan fingerprint density at radius 2 is 1.69 bits per heavy atom. The molecule has 0 atom stereocenters. The fraction of sp³-hybridized carbons (Fsp3) is 0.100. The first-order valence-electron chi connectivity index (χ1n) is 7.71. The van der Waals surface area contributed by atoms with Gasteiger partial charge in [0.2, 0.25) is 0 Å². The Kier molecular flexibility index (Phi) is 6.56. The van der Waals surface area contributed by atoms with Crippen LogP contribution in [0, 0.1) is 0 Å². The zero-order valence-corrected chi connectivity index (χ0v) is 14.1. The minimum atomic E-state index is -1.50. The largest absolute Gasteiger partial charge is 0.493 e. The molecule has 0 aliphatic heterocycles. The Labute approximate surface area is 150 Å². The van der Waals surface area contributed by atoms with Crippen molar-refractivity contribution in [2.45, 2.75) is 6.61 Å². The number of hydrogen-bond acceptors (Lipinski definition) is 4. The molecule has 6 heteroatoms. The second kappa shape index (κ2) is 9.08. The van der Waals surface area contributed by atoms with Crippen LogP contribution in [-0.4, -0.2) is 29.3 Å². The van der Waals surface area contributed by atoms with E-state index in [0.717, 1.165) is 11.6 Å². The number of carbonyl (C=O) groups is 2. The summed E-state index contributed by atoms with van der Waals surface area (Å²) in [6.07, 6.45) is 3.96. The molecule has 0 aliphatic carbocycles. The number of rotatable bonds is 8. The van der Waals surface area contributed by atoms with Gasteiger partial charge in [0.05, 0.1) is 7.11 Å². The van der Waals surface area contributed by atoms with Gasteiger partial charge in [0.25, 0.3) is 0 Å². The first-order chi connectivity index (χ1) is 12.5. The number of benzene rings is 2. The molecule has 26 heavy (non-hydrogen) atoms. The maximum atomic E-state index is 10.8. The van der Waals surface area contributed by atoms with E-state index < -0.39 is 17.5 Å². The van der Waals surface area contributed by atoms with E-state index in [9.17, 15) is 9.59 Å². The van der Waals surface area contributed by atoms with Gasteiger partial charge in [-0.05, 0) is 29.3 Å². The zero-order valence-electron chi connectivity index (χ0n) is 14.1. The molecule has 2 aromatic rings. The number of hydrogen-bond donors (Lipinski definition) is 2. The van der Waals surface area contributed by atoms with Crippen LogP contribution in [-0.2, 0) is 16.2 Å². The minimum Gasteiger partial charge on any atom is -0.493 e. The summed E-state index contributed by atoms with van der Waals surface area (Å²) in [7, 11) is 1.52. The molecule has 6 nitrogen and oxygen atoms in total. The Balaban J connectivity index is 2.12. The lowest BCUT2D eigenvalue weighted by molar-refractivity contribution is -0.140. The number of carboxylic acid groups (broad SMARTS) is 2. The topological polar surface area (TPSA) is 93.1 Å². The third-order valence-corrected chi connectivity index (χ3v) is 3.44. The number of aliphatic carboxylic acids is 2. The minimum absolute atomic E-state index is 0.399. The number of allylic oxidation sites excluding steroid dienone is 2. The van der Waals surface area contributed by atoms with E-state index in [4.69, 9.17) is 19.7 Å². The number of ether oxygens (including phenoxy) is 2. The standard InChI is InChI=1S/C20H18O6/c1-25-18-12-14(8-5-9-16(19(21)22)20(23)24)10-11-17(18)26-13-15-6-3-2-4-7-15/h2-12H,13H2,1H3,(H,21,22)(H,23,24). The summed E-state index contributed by atoms with van der Waals surface area (Å²) in [6.45, 7) is 0.399. The fourth-order valence-electron chi connectivity index (χ4n) is 2.13. The highest BCUT2D eigenvalue weighted by atomic mass is 16.5. The third-order valence-electron chi connectivity index (χ3n) is 3.44. The summed E-state index contributed by atoms with van der Waals surface area (Å²) >= 11 is 0. The monoisotopic (exact) mass is 354 g/mol. The van der Waals surface area contributed by atoms with Gasteiger partial charge in [-0.25, -0.2) is 9.59 Å². The van der Waals surface area contributed by atoms with E-state index in [1.54, 1.807) is 24.3 Å². The lowest BCUT2D eigenvalue weighted by Gasteiger charge is -2.11. The van der Waals surface area contributed by atoms with Crippen LogP contribution in [0.2, 0.25) is 0 Å². The van der Waals surface area contributed by atoms with Crippen LogP contribution in [0.5, 0.6) is 11.5 Å². The second-order valence-electron chi connectivity index (χ2n) is 5.23. The van der Waals surface area contributed by atoms with E-state index in [2.05, 4.69) is 0 Å². The van der Waals surface area contributed by atoms with Crippen LogP contribution >= 0.6 is 0 Å². The second-order valence-corrected chi connectivity index (χ2v) is 5.23. The molecular weight excluding hydrogens is 336 g/mol. The van der Waals surface area contributed by atoms with Gasteiger partial charge >= 0.3 is 11.9 Å². The SMILES string of the molecule is COc1cc(C=CC=C(C(=O)O)C(=O)O)ccc1OCc1ccccc1. The van der Waals surface area contributed by atoms with Crippen molar-refractivity contribution in [1.82, 2.24) is 0 Å². The summed E-state index contributed by atoms with van der Waals surface area (Å²) < 4.78 is 11.1. The molecule has 134 valence electrons. The number of carboxylic acids is 2. The molecule has 0 fully saturated rings. The van der Waals surface area contributed by atoms with E-state index in [1.807, 2.05) is 30.3 Å². The highest BCUT2D eigenvalue weighted by Gasteiger charge is 2.14.